The van der Waals surface area contributed by atoms with E-state index >= 15 is 0 Å². The fourth-order valence-electron chi connectivity index (χ4n) is 4.42. The quantitative estimate of drug-likeness (QED) is 0.596. The van der Waals surface area contributed by atoms with Crippen molar-refractivity contribution in [3.8, 4) is 11.3 Å². The first kappa shape index (κ1) is 20.5. The van der Waals surface area contributed by atoms with Crippen LogP contribution in [0.3, 0.4) is 0 Å². The van der Waals surface area contributed by atoms with Gasteiger partial charge in [-0.15, -0.1) is 0 Å². The summed E-state index contributed by atoms with van der Waals surface area (Å²) in [7, 11) is 0. The maximum absolute atomic E-state index is 13.5. The van der Waals surface area contributed by atoms with E-state index in [2.05, 4.69) is 12.2 Å². The van der Waals surface area contributed by atoms with Gasteiger partial charge < -0.3 is 10.2 Å². The van der Waals surface area contributed by atoms with Crippen LogP contribution in [0.25, 0.3) is 22.2 Å². The van der Waals surface area contributed by atoms with Crippen LogP contribution in [0.5, 0.6) is 0 Å². The molecule has 0 saturated carbocycles. The fourth-order valence-corrected chi connectivity index (χ4v) is 4.42. The standard InChI is InChI=1S/C26H31N3O/c1-2-29(18-8-9-20-14-16-27-17-15-20)26(30)23-19-25(21-10-4-3-5-11-21)28-24-13-7-6-12-22(23)24/h3-7,10-13,19-20,27H,2,8-9,14-18H2,1H3. The Morgan fingerprint density at radius 3 is 2.57 bits per heavy atom. The molecule has 2 heterocycles. The topological polar surface area (TPSA) is 45.2 Å². The van der Waals surface area contributed by atoms with E-state index < -0.39 is 0 Å². The maximum atomic E-state index is 13.5. The minimum Gasteiger partial charge on any atom is -0.339 e. The third-order valence-electron chi connectivity index (χ3n) is 6.18. The lowest BCUT2D eigenvalue weighted by molar-refractivity contribution is 0.0760. The van der Waals surface area contributed by atoms with Gasteiger partial charge in [-0.2, -0.15) is 0 Å². The van der Waals surface area contributed by atoms with Crippen molar-refractivity contribution in [3.05, 3.63) is 66.2 Å². The van der Waals surface area contributed by atoms with Crippen molar-refractivity contribution >= 4 is 16.8 Å². The molecule has 0 atom stereocenters. The molecule has 4 heteroatoms. The molecule has 4 rings (SSSR count). The zero-order valence-corrected chi connectivity index (χ0v) is 17.8. The highest BCUT2D eigenvalue weighted by Crippen LogP contribution is 2.26. The molecule has 0 radical (unpaired) electrons. The highest BCUT2D eigenvalue weighted by atomic mass is 16.2. The first-order valence-corrected chi connectivity index (χ1v) is 11.2. The summed E-state index contributed by atoms with van der Waals surface area (Å²) in [5, 5.41) is 4.36. The summed E-state index contributed by atoms with van der Waals surface area (Å²) >= 11 is 0. The molecule has 1 amide bonds. The zero-order chi connectivity index (χ0) is 20.8. The predicted octanol–water partition coefficient (Wildman–Crippen LogP) is 5.14. The average Bonchev–Trinajstić information content (AvgIpc) is 2.82. The Morgan fingerprint density at radius 1 is 1.07 bits per heavy atom. The van der Waals surface area contributed by atoms with Crippen LogP contribution in [-0.4, -0.2) is 42.0 Å². The molecule has 0 unspecified atom stereocenters. The van der Waals surface area contributed by atoms with Crippen molar-refractivity contribution in [2.24, 2.45) is 5.92 Å². The minimum atomic E-state index is 0.110. The molecule has 1 fully saturated rings. The summed E-state index contributed by atoms with van der Waals surface area (Å²) in [6, 6.07) is 20.0. The number of rotatable bonds is 7. The van der Waals surface area contributed by atoms with Crippen LogP contribution in [-0.2, 0) is 0 Å². The molecule has 156 valence electrons. The van der Waals surface area contributed by atoms with Gasteiger partial charge in [0.05, 0.1) is 16.8 Å². The SMILES string of the molecule is CCN(CCCC1CCNCC1)C(=O)c1cc(-c2ccccc2)nc2ccccc12. The van der Waals surface area contributed by atoms with Gasteiger partial charge >= 0.3 is 0 Å². The summed E-state index contributed by atoms with van der Waals surface area (Å²) < 4.78 is 0. The molecule has 4 nitrogen and oxygen atoms in total. The first-order valence-electron chi connectivity index (χ1n) is 11.2. The molecular weight excluding hydrogens is 370 g/mol. The van der Waals surface area contributed by atoms with Gasteiger partial charge in [0.25, 0.3) is 5.91 Å². The van der Waals surface area contributed by atoms with E-state index in [1.54, 1.807) is 0 Å². The lowest BCUT2D eigenvalue weighted by atomic mass is 9.93. The number of pyridine rings is 1. The van der Waals surface area contributed by atoms with Crippen LogP contribution in [0.1, 0.15) is 43.0 Å². The van der Waals surface area contributed by atoms with Gasteiger partial charge in [0.15, 0.2) is 0 Å². The highest BCUT2D eigenvalue weighted by molar-refractivity contribution is 6.07. The predicted molar refractivity (Wildman–Crippen MR) is 124 cm³/mol. The van der Waals surface area contributed by atoms with E-state index in [0.717, 1.165) is 66.2 Å². The first-order chi connectivity index (χ1) is 14.8. The monoisotopic (exact) mass is 401 g/mol. The molecule has 1 N–H and O–H groups in total. The second-order valence-electron chi connectivity index (χ2n) is 8.16. The number of piperidine rings is 1. The number of hydrogen-bond acceptors (Lipinski definition) is 3. The molecule has 2 aromatic carbocycles. The van der Waals surface area contributed by atoms with Crippen LogP contribution in [0.4, 0.5) is 0 Å². The maximum Gasteiger partial charge on any atom is 0.254 e. The molecular formula is C26H31N3O. The Morgan fingerprint density at radius 2 is 1.80 bits per heavy atom. The molecule has 1 saturated heterocycles. The summed E-state index contributed by atoms with van der Waals surface area (Å²) in [5.41, 5.74) is 3.51. The van der Waals surface area contributed by atoms with Crippen LogP contribution in [0, 0.1) is 5.92 Å². The van der Waals surface area contributed by atoms with Gasteiger partial charge in [0.1, 0.15) is 0 Å². The van der Waals surface area contributed by atoms with E-state index in [1.807, 2.05) is 65.6 Å². The fraction of sp³-hybridized carbons (Fsp3) is 0.385. The van der Waals surface area contributed by atoms with E-state index in [-0.39, 0.29) is 5.91 Å². The third kappa shape index (κ3) is 4.71. The summed E-state index contributed by atoms with van der Waals surface area (Å²) in [5.74, 6) is 0.907. The molecule has 0 spiro atoms. The Hall–Kier alpha value is -2.72. The zero-order valence-electron chi connectivity index (χ0n) is 17.8. The van der Waals surface area contributed by atoms with E-state index in [9.17, 15) is 4.79 Å². The number of amides is 1. The second kappa shape index (κ2) is 9.86. The van der Waals surface area contributed by atoms with Crippen LogP contribution >= 0.6 is 0 Å². The number of carbonyl (C=O) groups excluding carboxylic acids is 1. The molecule has 1 aliphatic rings. The van der Waals surface area contributed by atoms with Crippen molar-refractivity contribution in [2.75, 3.05) is 26.2 Å². The lowest BCUT2D eigenvalue weighted by Gasteiger charge is -2.25. The van der Waals surface area contributed by atoms with Crippen molar-refractivity contribution in [1.82, 2.24) is 15.2 Å². The molecule has 0 aliphatic carbocycles. The number of carbonyl (C=O) groups is 1. The molecule has 30 heavy (non-hydrogen) atoms. The summed E-state index contributed by atoms with van der Waals surface area (Å²) in [6.45, 7) is 5.88. The average molecular weight is 402 g/mol. The third-order valence-corrected chi connectivity index (χ3v) is 6.18. The molecule has 1 aromatic heterocycles. The van der Waals surface area contributed by atoms with Gasteiger partial charge in [0.2, 0.25) is 0 Å². The Labute approximate surface area is 179 Å². The smallest absolute Gasteiger partial charge is 0.254 e. The lowest BCUT2D eigenvalue weighted by Crippen LogP contribution is -2.33. The van der Waals surface area contributed by atoms with Gasteiger partial charge in [-0.3, -0.25) is 4.79 Å². The van der Waals surface area contributed by atoms with Gasteiger partial charge in [-0.25, -0.2) is 4.98 Å². The van der Waals surface area contributed by atoms with E-state index in [1.165, 1.54) is 19.3 Å². The summed E-state index contributed by atoms with van der Waals surface area (Å²) in [6.07, 6.45) is 4.79. The number of benzene rings is 2. The van der Waals surface area contributed by atoms with E-state index in [4.69, 9.17) is 4.98 Å². The molecule has 0 bridgehead atoms. The number of hydrogen-bond donors (Lipinski definition) is 1. The Bertz CT molecular complexity index is 980. The normalized spacial score (nSPS) is 14.7. The molecule has 1 aliphatic heterocycles. The molecule has 3 aromatic rings. The van der Waals surface area contributed by atoms with Gasteiger partial charge in [-0.1, -0.05) is 48.5 Å². The largest absolute Gasteiger partial charge is 0.339 e. The summed E-state index contributed by atoms with van der Waals surface area (Å²) in [4.78, 5) is 20.4. The van der Waals surface area contributed by atoms with Gasteiger partial charge in [-0.05, 0) is 63.7 Å². The minimum absolute atomic E-state index is 0.110. The number of nitrogens with one attached hydrogen (secondary N) is 1. The van der Waals surface area contributed by atoms with E-state index in [0.29, 0.717) is 0 Å². The van der Waals surface area contributed by atoms with Crippen LogP contribution < -0.4 is 5.32 Å². The Kier molecular flexibility index (Phi) is 6.75. The highest BCUT2D eigenvalue weighted by Gasteiger charge is 2.20. The van der Waals surface area contributed by atoms with Crippen molar-refractivity contribution in [1.29, 1.82) is 0 Å². The van der Waals surface area contributed by atoms with Crippen LogP contribution in [0.15, 0.2) is 60.7 Å². The van der Waals surface area contributed by atoms with Gasteiger partial charge in [0, 0.05) is 24.0 Å². The van der Waals surface area contributed by atoms with Crippen molar-refractivity contribution in [3.63, 3.8) is 0 Å². The van der Waals surface area contributed by atoms with Crippen molar-refractivity contribution in [2.45, 2.75) is 32.6 Å². The second-order valence-corrected chi connectivity index (χ2v) is 8.16. The van der Waals surface area contributed by atoms with Crippen LogP contribution in [0.2, 0.25) is 0 Å². The number of fused-ring (bicyclic) bond motifs is 1. The number of nitrogens with zero attached hydrogens (tertiary/aromatic N) is 2. The number of para-hydroxylation sites is 1. The van der Waals surface area contributed by atoms with Crippen molar-refractivity contribution < 1.29 is 4.79 Å². The Balaban J connectivity index is 1.57. The number of aromatic nitrogens is 1.